The molecule has 1 unspecified atom stereocenters. The highest BCUT2D eigenvalue weighted by Crippen LogP contribution is 2.17. The Morgan fingerprint density at radius 2 is 2.00 bits per heavy atom. The maximum absolute atomic E-state index is 9.31. The van der Waals surface area contributed by atoms with Crippen LogP contribution in [0.25, 0.3) is 0 Å². The Labute approximate surface area is 56.3 Å². The fourth-order valence-corrected chi connectivity index (χ4v) is 1.45. The van der Waals surface area contributed by atoms with Crippen molar-refractivity contribution in [1.29, 1.82) is 0 Å². The van der Waals surface area contributed by atoms with E-state index in [1.165, 1.54) is 12.8 Å². The average molecular weight is 129 g/mol. The summed E-state index contributed by atoms with van der Waals surface area (Å²) in [4.78, 5) is 0. The van der Waals surface area contributed by atoms with Gasteiger partial charge in [0.1, 0.15) is 0 Å². The van der Waals surface area contributed by atoms with E-state index < -0.39 is 0 Å². The molecule has 2 atom stereocenters. The van der Waals surface area contributed by atoms with E-state index in [1.54, 1.807) is 0 Å². The molecule has 0 amide bonds. The van der Waals surface area contributed by atoms with Crippen LogP contribution in [0, 0.1) is 0 Å². The van der Waals surface area contributed by atoms with Gasteiger partial charge in [0, 0.05) is 6.04 Å². The van der Waals surface area contributed by atoms with E-state index in [4.69, 9.17) is 0 Å². The molecule has 1 rings (SSSR count). The van der Waals surface area contributed by atoms with E-state index in [9.17, 15) is 5.11 Å². The Morgan fingerprint density at radius 1 is 1.33 bits per heavy atom. The predicted octanol–water partition coefficient (Wildman–Crippen LogP) is 0.509. The molecule has 1 aliphatic rings. The fraction of sp³-hybridized carbons (Fsp3) is 1.00. The Balaban J connectivity index is 2.30. The Bertz CT molecular complexity index is 85.0. The van der Waals surface area contributed by atoms with Gasteiger partial charge in [-0.2, -0.15) is 0 Å². The second-order valence-corrected chi connectivity index (χ2v) is 2.75. The van der Waals surface area contributed by atoms with Crippen molar-refractivity contribution >= 4 is 0 Å². The molecule has 1 fully saturated rings. The van der Waals surface area contributed by atoms with Gasteiger partial charge in [0.15, 0.2) is 0 Å². The second-order valence-electron chi connectivity index (χ2n) is 2.75. The largest absolute Gasteiger partial charge is 0.392 e. The Hall–Kier alpha value is -0.0800. The van der Waals surface area contributed by atoms with Gasteiger partial charge in [-0.25, -0.2) is 0 Å². The summed E-state index contributed by atoms with van der Waals surface area (Å²) in [6, 6.07) is 0.360. The van der Waals surface area contributed by atoms with Crippen LogP contribution in [-0.4, -0.2) is 24.3 Å². The maximum Gasteiger partial charge on any atom is 0.0693 e. The number of nitrogens with one attached hydrogen (secondary N) is 1. The number of hydrogen-bond donors (Lipinski definition) is 2. The molecule has 9 heavy (non-hydrogen) atoms. The maximum atomic E-state index is 9.31. The fourth-order valence-electron chi connectivity index (χ4n) is 1.45. The van der Waals surface area contributed by atoms with Crippen LogP contribution in [0.2, 0.25) is 0 Å². The molecule has 0 heterocycles. The first-order valence-corrected chi connectivity index (χ1v) is 3.70. The molecular formula is C7H15NO. The average Bonchev–Trinajstić information content (AvgIpc) is 1.89. The molecule has 0 bridgehead atoms. The van der Waals surface area contributed by atoms with Crippen molar-refractivity contribution in [3.05, 3.63) is 0 Å². The molecule has 54 valence electrons. The number of aliphatic hydroxyl groups is 1. The molecule has 0 radical (unpaired) electrons. The van der Waals surface area contributed by atoms with Crippen LogP contribution in [0.5, 0.6) is 0 Å². The molecular weight excluding hydrogens is 114 g/mol. The van der Waals surface area contributed by atoms with Crippen LogP contribution in [0.4, 0.5) is 0 Å². The zero-order valence-electron chi connectivity index (χ0n) is 5.93. The zero-order valence-corrected chi connectivity index (χ0v) is 5.93. The lowest BCUT2D eigenvalue weighted by Crippen LogP contribution is -2.39. The van der Waals surface area contributed by atoms with Crippen molar-refractivity contribution in [2.24, 2.45) is 0 Å². The minimum atomic E-state index is -0.0938. The van der Waals surface area contributed by atoms with Crippen molar-refractivity contribution in [2.45, 2.75) is 37.8 Å². The molecule has 0 aliphatic heterocycles. The lowest BCUT2D eigenvalue weighted by molar-refractivity contribution is 0.0948. The predicted molar refractivity (Wildman–Crippen MR) is 37.3 cm³/mol. The first kappa shape index (κ1) is 7.03. The molecule has 0 aromatic carbocycles. The number of likely N-dealkylation sites (N-methyl/N-ethyl adjacent to an activating group) is 1. The van der Waals surface area contributed by atoms with Gasteiger partial charge >= 0.3 is 0 Å². The smallest absolute Gasteiger partial charge is 0.0693 e. The Morgan fingerprint density at radius 3 is 2.44 bits per heavy atom. The standard InChI is InChI=1S/C7H15NO/c1-8-6-4-2-3-5-7(6)9/h6-9H,2-5H2,1H3/t6?,7-/m1/s1. The highest BCUT2D eigenvalue weighted by atomic mass is 16.3. The van der Waals surface area contributed by atoms with Gasteiger partial charge in [0.2, 0.25) is 0 Å². The summed E-state index contributed by atoms with van der Waals surface area (Å²) in [6.45, 7) is 0. The minimum absolute atomic E-state index is 0.0938. The van der Waals surface area contributed by atoms with Gasteiger partial charge in [0.05, 0.1) is 6.10 Å². The van der Waals surface area contributed by atoms with Gasteiger partial charge < -0.3 is 10.4 Å². The van der Waals surface area contributed by atoms with Gasteiger partial charge in [0.25, 0.3) is 0 Å². The Kier molecular flexibility index (Phi) is 2.49. The van der Waals surface area contributed by atoms with Gasteiger partial charge in [-0.3, -0.25) is 0 Å². The molecule has 0 aromatic heterocycles. The van der Waals surface area contributed by atoms with E-state index in [0.717, 1.165) is 12.8 Å². The van der Waals surface area contributed by atoms with Crippen LogP contribution in [0.1, 0.15) is 25.7 Å². The summed E-state index contributed by atoms with van der Waals surface area (Å²) in [5, 5.41) is 12.4. The first-order chi connectivity index (χ1) is 4.34. The molecule has 2 N–H and O–H groups in total. The van der Waals surface area contributed by atoms with Gasteiger partial charge in [-0.1, -0.05) is 12.8 Å². The van der Waals surface area contributed by atoms with Crippen LogP contribution in [0.15, 0.2) is 0 Å². The second kappa shape index (κ2) is 3.18. The molecule has 0 aromatic rings. The summed E-state index contributed by atoms with van der Waals surface area (Å²) in [5.74, 6) is 0. The van der Waals surface area contributed by atoms with Crippen molar-refractivity contribution in [3.8, 4) is 0 Å². The number of rotatable bonds is 1. The molecule has 1 saturated carbocycles. The topological polar surface area (TPSA) is 32.3 Å². The quantitative estimate of drug-likeness (QED) is 0.540. The summed E-state index contributed by atoms with van der Waals surface area (Å²) < 4.78 is 0. The lowest BCUT2D eigenvalue weighted by Gasteiger charge is -2.26. The van der Waals surface area contributed by atoms with Crippen LogP contribution >= 0.6 is 0 Å². The van der Waals surface area contributed by atoms with Crippen molar-refractivity contribution in [1.82, 2.24) is 5.32 Å². The molecule has 1 aliphatic carbocycles. The summed E-state index contributed by atoms with van der Waals surface area (Å²) in [5.41, 5.74) is 0. The SMILES string of the molecule is CNC1CCCC[C@H]1O. The third-order valence-electron chi connectivity index (χ3n) is 2.10. The normalized spacial score (nSPS) is 36.7. The molecule has 0 saturated heterocycles. The number of aliphatic hydroxyl groups excluding tert-OH is 1. The van der Waals surface area contributed by atoms with Crippen LogP contribution < -0.4 is 5.32 Å². The monoisotopic (exact) mass is 129 g/mol. The molecule has 2 nitrogen and oxygen atoms in total. The van der Waals surface area contributed by atoms with Gasteiger partial charge in [-0.15, -0.1) is 0 Å². The van der Waals surface area contributed by atoms with E-state index in [1.807, 2.05) is 7.05 Å². The van der Waals surface area contributed by atoms with E-state index in [-0.39, 0.29) is 6.10 Å². The highest BCUT2D eigenvalue weighted by Gasteiger charge is 2.20. The van der Waals surface area contributed by atoms with Crippen LogP contribution in [0.3, 0.4) is 0 Å². The van der Waals surface area contributed by atoms with Crippen LogP contribution in [-0.2, 0) is 0 Å². The molecule has 0 spiro atoms. The van der Waals surface area contributed by atoms with E-state index in [0.29, 0.717) is 6.04 Å². The molecule has 2 heteroatoms. The van der Waals surface area contributed by atoms with Crippen molar-refractivity contribution < 1.29 is 5.11 Å². The lowest BCUT2D eigenvalue weighted by atomic mass is 9.93. The number of hydrogen-bond acceptors (Lipinski definition) is 2. The van der Waals surface area contributed by atoms with E-state index in [2.05, 4.69) is 5.32 Å². The summed E-state index contributed by atoms with van der Waals surface area (Å²) in [7, 11) is 1.92. The minimum Gasteiger partial charge on any atom is -0.392 e. The highest BCUT2D eigenvalue weighted by molar-refractivity contribution is 4.78. The zero-order chi connectivity index (χ0) is 6.69. The van der Waals surface area contributed by atoms with Crippen molar-refractivity contribution in [2.75, 3.05) is 7.05 Å². The summed E-state index contributed by atoms with van der Waals surface area (Å²) in [6.07, 6.45) is 4.48. The van der Waals surface area contributed by atoms with Crippen molar-refractivity contribution in [3.63, 3.8) is 0 Å². The van der Waals surface area contributed by atoms with E-state index >= 15 is 0 Å². The first-order valence-electron chi connectivity index (χ1n) is 3.70. The van der Waals surface area contributed by atoms with Gasteiger partial charge in [-0.05, 0) is 19.9 Å². The summed E-state index contributed by atoms with van der Waals surface area (Å²) >= 11 is 0. The third kappa shape index (κ3) is 1.66. The third-order valence-corrected chi connectivity index (χ3v) is 2.10.